The molecule has 0 saturated heterocycles. The summed E-state index contributed by atoms with van der Waals surface area (Å²) in [6, 6.07) is 21.9. The molecule has 6 heteroatoms. The second-order valence-corrected chi connectivity index (χ2v) is 6.63. The van der Waals surface area contributed by atoms with E-state index in [4.69, 9.17) is 10.00 Å². The van der Waals surface area contributed by atoms with Crippen LogP contribution >= 0.6 is 0 Å². The van der Waals surface area contributed by atoms with Gasteiger partial charge in [-0.25, -0.2) is 9.59 Å². The minimum absolute atomic E-state index is 0.0237. The predicted octanol–water partition coefficient (Wildman–Crippen LogP) is 4.62. The van der Waals surface area contributed by atoms with E-state index in [1.165, 1.54) is 18.2 Å². The summed E-state index contributed by atoms with van der Waals surface area (Å²) < 4.78 is 5.44. The highest BCUT2D eigenvalue weighted by molar-refractivity contribution is 5.93. The molecule has 0 bridgehead atoms. The van der Waals surface area contributed by atoms with Crippen LogP contribution in [0.4, 0.5) is 10.5 Å². The van der Waals surface area contributed by atoms with Crippen LogP contribution in [0.25, 0.3) is 11.1 Å². The number of fused-ring (bicyclic) bond motifs is 3. The Labute approximate surface area is 167 Å². The van der Waals surface area contributed by atoms with E-state index in [9.17, 15) is 14.7 Å². The van der Waals surface area contributed by atoms with E-state index < -0.39 is 12.1 Å². The van der Waals surface area contributed by atoms with Crippen LogP contribution in [0.2, 0.25) is 0 Å². The SMILES string of the molecule is N#Cc1ccc(NC(=O)OCC2c3ccccc3-c3ccccc32)cc1C(=O)O. The van der Waals surface area contributed by atoms with Crippen LogP contribution in [0.3, 0.4) is 0 Å². The summed E-state index contributed by atoms with van der Waals surface area (Å²) in [6.07, 6.45) is -0.687. The van der Waals surface area contributed by atoms with Crippen LogP contribution in [0.5, 0.6) is 0 Å². The molecule has 6 nitrogen and oxygen atoms in total. The van der Waals surface area contributed by atoms with Crippen molar-refractivity contribution in [2.24, 2.45) is 0 Å². The molecule has 1 aliphatic rings. The molecule has 0 fully saturated rings. The Kier molecular flexibility index (Phi) is 4.71. The lowest BCUT2D eigenvalue weighted by Crippen LogP contribution is -2.18. The Morgan fingerprint density at radius 1 is 1.00 bits per heavy atom. The van der Waals surface area contributed by atoms with Crippen molar-refractivity contribution in [2.75, 3.05) is 11.9 Å². The number of hydrogen-bond acceptors (Lipinski definition) is 4. The molecule has 4 rings (SSSR count). The van der Waals surface area contributed by atoms with E-state index in [0.29, 0.717) is 0 Å². The number of rotatable bonds is 4. The lowest BCUT2D eigenvalue weighted by Gasteiger charge is -2.14. The topological polar surface area (TPSA) is 99.4 Å². The van der Waals surface area contributed by atoms with Crippen LogP contribution in [-0.2, 0) is 4.74 Å². The molecule has 3 aromatic carbocycles. The number of carboxylic acids is 1. The van der Waals surface area contributed by atoms with Crippen LogP contribution in [0, 0.1) is 11.3 Å². The molecule has 1 aliphatic carbocycles. The van der Waals surface area contributed by atoms with Gasteiger partial charge in [0, 0.05) is 11.6 Å². The third-order valence-corrected chi connectivity index (χ3v) is 4.96. The molecule has 142 valence electrons. The van der Waals surface area contributed by atoms with Gasteiger partial charge in [-0.05, 0) is 40.5 Å². The van der Waals surface area contributed by atoms with Crippen molar-refractivity contribution in [1.82, 2.24) is 0 Å². The first-order chi connectivity index (χ1) is 14.1. The molecule has 1 amide bonds. The van der Waals surface area contributed by atoms with E-state index >= 15 is 0 Å². The Morgan fingerprint density at radius 3 is 2.21 bits per heavy atom. The molecule has 0 heterocycles. The summed E-state index contributed by atoms with van der Waals surface area (Å²) in [5, 5.41) is 20.7. The monoisotopic (exact) mass is 384 g/mol. The number of nitrogens with zero attached hydrogens (tertiary/aromatic N) is 1. The van der Waals surface area contributed by atoms with Gasteiger partial charge in [0.1, 0.15) is 12.7 Å². The van der Waals surface area contributed by atoms with Crippen LogP contribution in [0.15, 0.2) is 66.7 Å². The molecule has 0 radical (unpaired) electrons. The highest BCUT2D eigenvalue weighted by Gasteiger charge is 2.29. The van der Waals surface area contributed by atoms with Crippen molar-refractivity contribution in [2.45, 2.75) is 5.92 Å². The first-order valence-electron chi connectivity index (χ1n) is 8.98. The number of benzene rings is 3. The Morgan fingerprint density at radius 2 is 1.62 bits per heavy atom. The number of nitriles is 1. The quantitative estimate of drug-likeness (QED) is 0.684. The summed E-state index contributed by atoms with van der Waals surface area (Å²) in [7, 11) is 0. The minimum atomic E-state index is -1.24. The number of hydrogen-bond donors (Lipinski definition) is 2. The van der Waals surface area contributed by atoms with Crippen molar-refractivity contribution >= 4 is 17.7 Å². The molecular weight excluding hydrogens is 368 g/mol. The average molecular weight is 384 g/mol. The van der Waals surface area contributed by atoms with Gasteiger partial charge in [0.2, 0.25) is 0 Å². The lowest BCUT2D eigenvalue weighted by atomic mass is 9.98. The predicted molar refractivity (Wildman–Crippen MR) is 107 cm³/mol. The summed E-state index contributed by atoms with van der Waals surface area (Å²) >= 11 is 0. The van der Waals surface area contributed by atoms with E-state index in [2.05, 4.69) is 17.4 Å². The fourth-order valence-corrected chi connectivity index (χ4v) is 3.65. The number of carboxylic acid groups (broad SMARTS) is 1. The van der Waals surface area contributed by atoms with Gasteiger partial charge in [-0.1, -0.05) is 48.5 Å². The third kappa shape index (κ3) is 3.42. The fourth-order valence-electron chi connectivity index (χ4n) is 3.65. The van der Waals surface area contributed by atoms with E-state index in [-0.39, 0.29) is 29.3 Å². The molecular formula is C23H16N2O4. The number of anilines is 1. The molecule has 0 atom stereocenters. The number of ether oxygens (including phenoxy) is 1. The highest BCUT2D eigenvalue weighted by atomic mass is 16.5. The standard InChI is InChI=1S/C23H16N2O4/c24-12-14-9-10-15(11-20(14)22(26)27)25-23(28)29-13-21-18-7-3-1-5-16(18)17-6-2-4-8-19(17)21/h1-11,21H,13H2,(H,25,28)(H,26,27). The average Bonchev–Trinajstić information content (AvgIpc) is 3.06. The molecule has 2 N–H and O–H groups in total. The highest BCUT2D eigenvalue weighted by Crippen LogP contribution is 2.44. The van der Waals surface area contributed by atoms with Crippen LogP contribution < -0.4 is 5.32 Å². The van der Waals surface area contributed by atoms with Crippen molar-refractivity contribution < 1.29 is 19.4 Å². The van der Waals surface area contributed by atoms with E-state index in [0.717, 1.165) is 22.3 Å². The fraction of sp³-hybridized carbons (Fsp3) is 0.0870. The van der Waals surface area contributed by atoms with Crippen molar-refractivity contribution in [3.63, 3.8) is 0 Å². The second kappa shape index (κ2) is 7.49. The minimum Gasteiger partial charge on any atom is -0.478 e. The maximum atomic E-state index is 12.3. The molecule has 0 saturated carbocycles. The normalized spacial score (nSPS) is 11.8. The number of aromatic carboxylic acids is 1. The Balaban J connectivity index is 1.49. The number of nitrogens with one attached hydrogen (secondary N) is 1. The smallest absolute Gasteiger partial charge is 0.411 e. The maximum Gasteiger partial charge on any atom is 0.411 e. The first-order valence-corrected chi connectivity index (χ1v) is 8.98. The van der Waals surface area contributed by atoms with Crippen LogP contribution in [-0.4, -0.2) is 23.8 Å². The number of carbonyl (C=O) groups is 2. The van der Waals surface area contributed by atoms with Crippen LogP contribution in [0.1, 0.15) is 33.0 Å². The molecule has 0 aliphatic heterocycles. The van der Waals surface area contributed by atoms with Gasteiger partial charge in [-0.2, -0.15) is 5.26 Å². The summed E-state index contributed by atoms with van der Waals surface area (Å²) in [4.78, 5) is 23.5. The zero-order valence-electron chi connectivity index (χ0n) is 15.3. The van der Waals surface area contributed by atoms with Gasteiger partial charge in [0.15, 0.2) is 0 Å². The molecule has 0 spiro atoms. The van der Waals surface area contributed by atoms with Crippen molar-refractivity contribution in [3.05, 3.63) is 89.0 Å². The Bertz CT molecular complexity index is 1120. The summed E-state index contributed by atoms with van der Waals surface area (Å²) in [5.41, 5.74) is 4.57. The summed E-state index contributed by atoms with van der Waals surface area (Å²) in [6.45, 7) is 0.155. The van der Waals surface area contributed by atoms with Gasteiger partial charge in [0.25, 0.3) is 0 Å². The lowest BCUT2D eigenvalue weighted by molar-refractivity contribution is 0.0696. The zero-order chi connectivity index (χ0) is 20.4. The first kappa shape index (κ1) is 18.3. The van der Waals surface area contributed by atoms with Gasteiger partial charge in [0.05, 0.1) is 11.1 Å². The second-order valence-electron chi connectivity index (χ2n) is 6.63. The van der Waals surface area contributed by atoms with Gasteiger partial charge in [-0.3, -0.25) is 5.32 Å². The largest absolute Gasteiger partial charge is 0.478 e. The molecule has 29 heavy (non-hydrogen) atoms. The summed E-state index contributed by atoms with van der Waals surface area (Å²) in [5.74, 6) is -1.30. The maximum absolute atomic E-state index is 12.3. The van der Waals surface area contributed by atoms with Gasteiger partial charge >= 0.3 is 12.1 Å². The van der Waals surface area contributed by atoms with E-state index in [1.807, 2.05) is 42.5 Å². The molecule has 3 aromatic rings. The number of amides is 1. The molecule has 0 unspecified atom stereocenters. The number of carbonyl (C=O) groups excluding carboxylic acids is 1. The zero-order valence-corrected chi connectivity index (χ0v) is 15.3. The third-order valence-electron chi connectivity index (χ3n) is 4.96. The Hall–Kier alpha value is -4.11. The van der Waals surface area contributed by atoms with Gasteiger partial charge in [-0.15, -0.1) is 0 Å². The van der Waals surface area contributed by atoms with Crippen molar-refractivity contribution in [1.29, 1.82) is 5.26 Å². The van der Waals surface area contributed by atoms with Gasteiger partial charge < -0.3 is 9.84 Å². The van der Waals surface area contributed by atoms with Crippen molar-refractivity contribution in [3.8, 4) is 17.2 Å². The van der Waals surface area contributed by atoms with E-state index in [1.54, 1.807) is 0 Å². The molecule has 0 aromatic heterocycles.